The van der Waals surface area contributed by atoms with Crippen LogP contribution in [0.4, 0.5) is 0 Å². The molecule has 0 amide bonds. The molecule has 0 atom stereocenters. The normalized spacial score (nSPS) is 12.3. The van der Waals surface area contributed by atoms with Crippen LogP contribution >= 0.6 is 0 Å². The monoisotopic (exact) mass is 357 g/mol. The van der Waals surface area contributed by atoms with E-state index in [1.54, 1.807) is 0 Å². The fourth-order valence-corrected chi connectivity index (χ4v) is 4.82. The van der Waals surface area contributed by atoms with Crippen LogP contribution in [0.25, 0.3) is 60.2 Å². The second-order valence-electron chi connectivity index (χ2n) is 7.40. The quantitative estimate of drug-likeness (QED) is 0.282. The highest BCUT2D eigenvalue weighted by molar-refractivity contribution is 6.32. The van der Waals surface area contributed by atoms with Gasteiger partial charge >= 0.3 is 0 Å². The zero-order valence-corrected chi connectivity index (χ0v) is 15.0. The summed E-state index contributed by atoms with van der Waals surface area (Å²) in [7, 11) is 0. The molecule has 0 radical (unpaired) electrons. The van der Waals surface area contributed by atoms with Gasteiger partial charge < -0.3 is 8.98 Å². The van der Waals surface area contributed by atoms with E-state index in [9.17, 15) is 0 Å². The number of fused-ring (bicyclic) bond motifs is 4. The van der Waals surface area contributed by atoms with Crippen molar-refractivity contribution in [1.82, 2.24) is 4.57 Å². The lowest BCUT2D eigenvalue weighted by atomic mass is 9.98. The summed E-state index contributed by atoms with van der Waals surface area (Å²) in [5, 5.41) is 7.56. The maximum atomic E-state index is 6.26. The third-order valence-corrected chi connectivity index (χ3v) is 5.94. The van der Waals surface area contributed by atoms with E-state index in [2.05, 4.69) is 83.4 Å². The van der Waals surface area contributed by atoms with Crippen LogP contribution < -0.4 is 0 Å². The number of nitrogens with zero attached hydrogens (tertiary/aromatic N) is 1. The summed E-state index contributed by atoms with van der Waals surface area (Å²) in [6, 6.07) is 32.2. The summed E-state index contributed by atoms with van der Waals surface area (Å²) >= 11 is 0. The van der Waals surface area contributed by atoms with E-state index in [-0.39, 0.29) is 0 Å². The zero-order valence-electron chi connectivity index (χ0n) is 15.0. The molecule has 0 bridgehead atoms. The molecule has 5 aromatic carbocycles. The molecule has 28 heavy (non-hydrogen) atoms. The van der Waals surface area contributed by atoms with E-state index in [0.29, 0.717) is 0 Å². The van der Waals surface area contributed by atoms with Gasteiger partial charge in [-0.25, -0.2) is 0 Å². The van der Waals surface area contributed by atoms with Crippen molar-refractivity contribution >= 4 is 54.5 Å². The van der Waals surface area contributed by atoms with Crippen LogP contribution in [-0.2, 0) is 0 Å². The van der Waals surface area contributed by atoms with E-state index in [1.165, 1.54) is 49.0 Å². The average molecular weight is 357 g/mol. The summed E-state index contributed by atoms with van der Waals surface area (Å²) < 4.78 is 8.62. The van der Waals surface area contributed by atoms with Crippen LogP contribution in [-0.4, -0.2) is 4.57 Å². The first-order chi connectivity index (χ1) is 13.9. The predicted molar refractivity (Wildman–Crippen MR) is 117 cm³/mol. The molecular weight excluding hydrogens is 342 g/mol. The van der Waals surface area contributed by atoms with Crippen molar-refractivity contribution < 1.29 is 4.42 Å². The van der Waals surface area contributed by atoms with Crippen molar-refractivity contribution in [2.24, 2.45) is 0 Å². The Bertz CT molecular complexity index is 1650. The van der Waals surface area contributed by atoms with Gasteiger partial charge in [-0.05, 0) is 35.0 Å². The highest BCUT2D eigenvalue weighted by atomic mass is 16.3. The lowest BCUT2D eigenvalue weighted by molar-refractivity contribution is 0.669. The Kier molecular flexibility index (Phi) is 2.52. The molecule has 0 aliphatic carbocycles. The molecule has 0 N–H and O–H groups in total. The van der Waals surface area contributed by atoms with Gasteiger partial charge in [0.2, 0.25) is 0 Å². The molecular formula is C26H15NO. The van der Waals surface area contributed by atoms with Crippen molar-refractivity contribution in [3.63, 3.8) is 0 Å². The SMILES string of the molecule is c1ccc(-n2c3cccc4ccc5c6c(cc2c5c43)oc2ccccc26)cc1. The van der Waals surface area contributed by atoms with Gasteiger partial charge in [0.1, 0.15) is 11.2 Å². The fraction of sp³-hybridized carbons (Fsp3) is 0. The summed E-state index contributed by atoms with van der Waals surface area (Å²) in [4.78, 5) is 0. The average Bonchev–Trinajstić information content (AvgIpc) is 3.28. The number of hydrogen-bond donors (Lipinski definition) is 0. The van der Waals surface area contributed by atoms with E-state index < -0.39 is 0 Å². The minimum absolute atomic E-state index is 0.941. The Morgan fingerprint density at radius 1 is 0.536 bits per heavy atom. The zero-order chi connectivity index (χ0) is 18.2. The standard InChI is InChI=1S/C26H15NO/c1-2-8-17(9-3-1)27-20-11-6-7-16-13-14-19-25-18-10-4-5-12-22(18)28-23(25)15-21(27)26(19)24(16)20/h1-15H. The summed E-state index contributed by atoms with van der Waals surface area (Å²) in [5.41, 5.74) is 5.48. The second kappa shape index (κ2) is 4.93. The molecule has 0 spiro atoms. The smallest absolute Gasteiger partial charge is 0.138 e. The third-order valence-electron chi connectivity index (χ3n) is 5.94. The summed E-state index contributed by atoms with van der Waals surface area (Å²) in [5.74, 6) is 0. The fourth-order valence-electron chi connectivity index (χ4n) is 4.82. The van der Waals surface area contributed by atoms with Crippen LogP contribution in [0.2, 0.25) is 0 Å². The Balaban J connectivity index is 1.82. The molecule has 0 saturated carbocycles. The van der Waals surface area contributed by atoms with Crippen molar-refractivity contribution in [3.8, 4) is 5.69 Å². The Labute approximate surface area is 160 Å². The predicted octanol–water partition coefficient (Wildman–Crippen LogP) is 7.27. The van der Waals surface area contributed by atoms with Crippen LogP contribution in [0.1, 0.15) is 0 Å². The molecule has 7 rings (SSSR count). The number of furan rings is 1. The van der Waals surface area contributed by atoms with Gasteiger partial charge in [0.25, 0.3) is 0 Å². The first kappa shape index (κ1) is 14.3. The molecule has 0 saturated heterocycles. The minimum atomic E-state index is 0.941. The maximum Gasteiger partial charge on any atom is 0.138 e. The van der Waals surface area contributed by atoms with Gasteiger partial charge in [0, 0.05) is 33.3 Å². The third kappa shape index (κ3) is 1.64. The molecule has 130 valence electrons. The largest absolute Gasteiger partial charge is 0.456 e. The molecule has 0 aliphatic rings. The van der Waals surface area contributed by atoms with Gasteiger partial charge in [-0.2, -0.15) is 0 Å². The summed E-state index contributed by atoms with van der Waals surface area (Å²) in [6.45, 7) is 0. The van der Waals surface area contributed by atoms with E-state index in [1.807, 2.05) is 12.1 Å². The molecule has 0 aliphatic heterocycles. The van der Waals surface area contributed by atoms with Gasteiger partial charge in [0.15, 0.2) is 0 Å². The molecule has 2 heterocycles. The lowest BCUT2D eigenvalue weighted by Crippen LogP contribution is -1.92. The highest BCUT2D eigenvalue weighted by Gasteiger charge is 2.20. The number of aromatic nitrogens is 1. The summed E-state index contributed by atoms with van der Waals surface area (Å²) in [6.07, 6.45) is 0. The Morgan fingerprint density at radius 2 is 1.39 bits per heavy atom. The van der Waals surface area contributed by atoms with E-state index in [4.69, 9.17) is 4.42 Å². The Morgan fingerprint density at radius 3 is 2.32 bits per heavy atom. The highest BCUT2D eigenvalue weighted by Crippen LogP contribution is 2.44. The van der Waals surface area contributed by atoms with Crippen molar-refractivity contribution in [2.45, 2.75) is 0 Å². The van der Waals surface area contributed by atoms with Crippen LogP contribution in [0, 0.1) is 0 Å². The number of para-hydroxylation sites is 2. The second-order valence-corrected chi connectivity index (χ2v) is 7.40. The van der Waals surface area contributed by atoms with Gasteiger partial charge in [-0.3, -0.25) is 0 Å². The lowest BCUT2D eigenvalue weighted by Gasteiger charge is -2.07. The van der Waals surface area contributed by atoms with E-state index >= 15 is 0 Å². The molecule has 0 fully saturated rings. The van der Waals surface area contributed by atoms with Crippen LogP contribution in [0.15, 0.2) is 95.4 Å². The van der Waals surface area contributed by atoms with Gasteiger partial charge in [0.05, 0.1) is 11.0 Å². The molecule has 0 unspecified atom stereocenters. The number of benzene rings is 5. The van der Waals surface area contributed by atoms with Gasteiger partial charge in [-0.15, -0.1) is 0 Å². The molecule has 2 aromatic heterocycles. The first-order valence-corrected chi connectivity index (χ1v) is 9.55. The number of rotatable bonds is 1. The topological polar surface area (TPSA) is 18.1 Å². The van der Waals surface area contributed by atoms with Gasteiger partial charge in [-0.1, -0.05) is 60.7 Å². The maximum absolute atomic E-state index is 6.26. The van der Waals surface area contributed by atoms with Crippen molar-refractivity contribution in [2.75, 3.05) is 0 Å². The van der Waals surface area contributed by atoms with E-state index in [0.717, 1.165) is 11.2 Å². The molecule has 7 aromatic rings. The number of hydrogen-bond acceptors (Lipinski definition) is 1. The minimum Gasteiger partial charge on any atom is -0.456 e. The first-order valence-electron chi connectivity index (χ1n) is 9.55. The van der Waals surface area contributed by atoms with Crippen LogP contribution in [0.5, 0.6) is 0 Å². The van der Waals surface area contributed by atoms with Crippen molar-refractivity contribution in [1.29, 1.82) is 0 Å². The Hall–Kier alpha value is -3.78. The van der Waals surface area contributed by atoms with Crippen molar-refractivity contribution in [3.05, 3.63) is 91.0 Å². The molecule has 2 nitrogen and oxygen atoms in total. The van der Waals surface area contributed by atoms with Crippen LogP contribution in [0.3, 0.4) is 0 Å². The molecule has 2 heteroatoms.